The lowest BCUT2D eigenvalue weighted by Crippen LogP contribution is -2.50. The molecule has 2 heterocycles. The molecule has 1 aromatic heterocycles. The molecule has 0 bridgehead atoms. The van der Waals surface area contributed by atoms with Crippen LogP contribution >= 0.6 is 11.3 Å². The number of nitrogens with zero attached hydrogens (tertiary/aromatic N) is 4. The van der Waals surface area contributed by atoms with Crippen molar-refractivity contribution in [1.29, 1.82) is 0 Å². The highest BCUT2D eigenvalue weighted by Gasteiger charge is 2.25. The maximum absolute atomic E-state index is 12.6. The number of fused-ring (bicyclic) bond motifs is 1. The van der Waals surface area contributed by atoms with Gasteiger partial charge in [0.05, 0.1) is 16.8 Å². The van der Waals surface area contributed by atoms with Crippen molar-refractivity contribution in [3.8, 4) is 0 Å². The predicted octanol–water partition coefficient (Wildman–Crippen LogP) is 1.92. The molecule has 0 spiro atoms. The number of aliphatic hydroxyl groups excluding tert-OH is 1. The number of rotatable bonds is 11. The second kappa shape index (κ2) is 14.1. The first-order chi connectivity index (χ1) is 18.2. The Morgan fingerprint density at radius 1 is 1.00 bits per heavy atom. The summed E-state index contributed by atoms with van der Waals surface area (Å²) in [5, 5.41) is 12.4. The zero-order valence-electron chi connectivity index (χ0n) is 21.9. The minimum absolute atomic E-state index is 0.0352. The highest BCUT2D eigenvalue weighted by molar-refractivity contribution is 7.22. The van der Waals surface area contributed by atoms with Gasteiger partial charge in [0.15, 0.2) is 5.13 Å². The van der Waals surface area contributed by atoms with Gasteiger partial charge in [-0.05, 0) is 37.5 Å². The van der Waals surface area contributed by atoms with Crippen molar-refractivity contribution in [2.45, 2.75) is 52.4 Å². The van der Waals surface area contributed by atoms with Crippen molar-refractivity contribution >= 4 is 56.2 Å². The summed E-state index contributed by atoms with van der Waals surface area (Å²) < 4.78 is 1.03. The van der Waals surface area contributed by atoms with Gasteiger partial charge in [-0.3, -0.25) is 28.9 Å². The first-order valence-corrected chi connectivity index (χ1v) is 13.6. The number of hydrogen-bond acceptors (Lipinski definition) is 9. The van der Waals surface area contributed by atoms with E-state index in [2.05, 4.69) is 10.3 Å². The van der Waals surface area contributed by atoms with E-state index < -0.39 is 24.3 Å². The van der Waals surface area contributed by atoms with E-state index in [1.165, 1.54) is 11.3 Å². The molecule has 12 heteroatoms. The Bertz CT molecular complexity index is 1170. The summed E-state index contributed by atoms with van der Waals surface area (Å²) in [6.45, 7) is 4.86. The minimum Gasteiger partial charge on any atom is -0.387 e. The zero-order valence-corrected chi connectivity index (χ0v) is 22.7. The minimum atomic E-state index is -0.919. The SMILES string of the molecule is CC(=O)N(C(=O)CO)C(=O)CCCCCCC(=O)N1CCN(CC(=O)Nc2nc3cc(C)ccc3s2)CC1. The first kappa shape index (κ1) is 29.3. The van der Waals surface area contributed by atoms with Crippen LogP contribution in [-0.2, 0) is 24.0 Å². The van der Waals surface area contributed by atoms with Crippen LogP contribution in [-0.4, -0.2) is 93.7 Å². The predicted molar refractivity (Wildman–Crippen MR) is 143 cm³/mol. The van der Waals surface area contributed by atoms with Crippen LogP contribution in [0.2, 0.25) is 0 Å². The third kappa shape index (κ3) is 8.40. The molecule has 0 radical (unpaired) electrons. The van der Waals surface area contributed by atoms with Gasteiger partial charge in [-0.1, -0.05) is 30.2 Å². The summed E-state index contributed by atoms with van der Waals surface area (Å²) in [7, 11) is 0. The smallest absolute Gasteiger partial charge is 0.261 e. The lowest BCUT2D eigenvalue weighted by molar-refractivity contribution is -0.154. The Kier molecular flexibility index (Phi) is 10.9. The van der Waals surface area contributed by atoms with Crippen molar-refractivity contribution < 1.29 is 29.1 Å². The van der Waals surface area contributed by atoms with Crippen LogP contribution < -0.4 is 5.32 Å². The fourth-order valence-electron chi connectivity index (χ4n) is 4.35. The summed E-state index contributed by atoms with van der Waals surface area (Å²) in [6.07, 6.45) is 3.06. The number of carbonyl (C=O) groups excluding carboxylic acids is 5. The molecule has 3 rings (SSSR count). The largest absolute Gasteiger partial charge is 0.387 e. The van der Waals surface area contributed by atoms with Crippen LogP contribution in [0.5, 0.6) is 0 Å². The van der Waals surface area contributed by atoms with Crippen LogP contribution in [0.1, 0.15) is 51.0 Å². The normalized spacial score (nSPS) is 13.9. The number of anilines is 1. The van der Waals surface area contributed by atoms with Crippen molar-refractivity contribution in [3.63, 3.8) is 0 Å². The molecule has 2 N–H and O–H groups in total. The van der Waals surface area contributed by atoms with E-state index >= 15 is 0 Å². The second-order valence-electron chi connectivity index (χ2n) is 9.41. The van der Waals surface area contributed by atoms with Crippen LogP contribution in [0, 0.1) is 6.92 Å². The first-order valence-electron chi connectivity index (χ1n) is 12.8. The molecule has 0 atom stereocenters. The van der Waals surface area contributed by atoms with Crippen LogP contribution in [0.25, 0.3) is 10.2 Å². The highest BCUT2D eigenvalue weighted by atomic mass is 32.1. The fraction of sp³-hybridized carbons (Fsp3) is 0.538. The monoisotopic (exact) mass is 545 g/mol. The number of nitrogens with one attached hydrogen (secondary N) is 1. The van der Waals surface area contributed by atoms with E-state index in [0.29, 0.717) is 61.9 Å². The van der Waals surface area contributed by atoms with Crippen molar-refractivity contribution in [2.75, 3.05) is 44.6 Å². The van der Waals surface area contributed by atoms with Crippen molar-refractivity contribution in [3.05, 3.63) is 23.8 Å². The van der Waals surface area contributed by atoms with Gasteiger partial charge in [-0.25, -0.2) is 9.88 Å². The van der Waals surface area contributed by atoms with Gasteiger partial charge in [0, 0.05) is 45.9 Å². The number of hydrogen-bond donors (Lipinski definition) is 2. The topological polar surface area (TPSA) is 140 Å². The molecule has 1 aromatic carbocycles. The average Bonchev–Trinajstić information content (AvgIpc) is 3.27. The lowest BCUT2D eigenvalue weighted by Gasteiger charge is -2.34. The second-order valence-corrected chi connectivity index (χ2v) is 10.4. The number of imide groups is 3. The maximum atomic E-state index is 12.6. The molecule has 1 saturated heterocycles. The molecule has 1 aliphatic heterocycles. The zero-order chi connectivity index (χ0) is 27.7. The molecule has 206 valence electrons. The molecule has 1 fully saturated rings. The van der Waals surface area contributed by atoms with Crippen molar-refractivity contribution in [1.82, 2.24) is 19.7 Å². The summed E-state index contributed by atoms with van der Waals surface area (Å²) in [6, 6.07) is 6.01. The van der Waals surface area contributed by atoms with E-state index in [9.17, 15) is 24.0 Å². The molecule has 0 unspecified atom stereocenters. The van der Waals surface area contributed by atoms with Crippen LogP contribution in [0.15, 0.2) is 18.2 Å². The number of unbranched alkanes of at least 4 members (excludes halogenated alkanes) is 3. The summed E-state index contributed by atoms with van der Waals surface area (Å²) in [5.74, 6) is -2.28. The number of aromatic nitrogens is 1. The number of aliphatic hydroxyl groups is 1. The van der Waals surface area contributed by atoms with Gasteiger partial charge >= 0.3 is 0 Å². The summed E-state index contributed by atoms with van der Waals surface area (Å²) in [4.78, 5) is 68.9. The molecular weight excluding hydrogens is 510 g/mol. The van der Waals surface area contributed by atoms with Crippen molar-refractivity contribution in [2.24, 2.45) is 0 Å². The molecule has 38 heavy (non-hydrogen) atoms. The lowest BCUT2D eigenvalue weighted by atomic mass is 10.1. The highest BCUT2D eigenvalue weighted by Crippen LogP contribution is 2.26. The number of benzene rings is 1. The number of carbonyl (C=O) groups is 5. The Morgan fingerprint density at radius 2 is 1.68 bits per heavy atom. The van der Waals surface area contributed by atoms with E-state index in [4.69, 9.17) is 5.11 Å². The van der Waals surface area contributed by atoms with Gasteiger partial charge in [0.25, 0.3) is 5.91 Å². The van der Waals surface area contributed by atoms with Crippen LogP contribution in [0.4, 0.5) is 5.13 Å². The summed E-state index contributed by atoms with van der Waals surface area (Å²) in [5.41, 5.74) is 2.00. The van der Waals surface area contributed by atoms with E-state index in [1.807, 2.05) is 34.9 Å². The molecule has 5 amide bonds. The van der Waals surface area contributed by atoms with Gasteiger partial charge in [-0.2, -0.15) is 0 Å². The third-order valence-corrected chi connectivity index (χ3v) is 7.31. The standard InChI is InChI=1S/C26H35N5O6S/c1-18-9-10-21-20(15-18)27-26(38-21)28-22(34)16-29-11-13-30(14-12-29)23(35)7-5-3-4-6-8-24(36)31(19(2)33)25(37)17-32/h9-10,15,32H,3-8,11-14,16-17H2,1-2H3,(H,27,28,34). The van der Waals surface area contributed by atoms with E-state index in [-0.39, 0.29) is 24.8 Å². The maximum Gasteiger partial charge on any atom is 0.261 e. The summed E-state index contributed by atoms with van der Waals surface area (Å²) >= 11 is 1.45. The number of aryl methyl sites for hydroxylation is 1. The molecular formula is C26H35N5O6S. The third-order valence-electron chi connectivity index (χ3n) is 6.36. The quantitative estimate of drug-likeness (QED) is 0.408. The molecule has 0 saturated carbocycles. The molecule has 2 aromatic rings. The number of piperazine rings is 1. The Morgan fingerprint density at radius 3 is 2.34 bits per heavy atom. The van der Waals surface area contributed by atoms with Crippen LogP contribution in [0.3, 0.4) is 0 Å². The van der Waals surface area contributed by atoms with E-state index in [0.717, 1.165) is 29.1 Å². The molecule has 1 aliphatic rings. The van der Waals surface area contributed by atoms with E-state index in [1.54, 1.807) is 0 Å². The number of amides is 5. The Balaban J connectivity index is 1.29. The molecule has 0 aliphatic carbocycles. The average molecular weight is 546 g/mol. The molecule has 11 nitrogen and oxygen atoms in total. The van der Waals surface area contributed by atoms with Gasteiger partial charge < -0.3 is 15.3 Å². The Hall–Kier alpha value is -3.22. The Labute approximate surface area is 225 Å². The van der Waals surface area contributed by atoms with Gasteiger partial charge in [0.1, 0.15) is 6.61 Å². The van der Waals surface area contributed by atoms with Gasteiger partial charge in [-0.15, -0.1) is 0 Å². The fourth-order valence-corrected chi connectivity index (χ4v) is 5.21. The number of thiazole rings is 1. The van der Waals surface area contributed by atoms with Gasteiger partial charge in [0.2, 0.25) is 23.6 Å².